The van der Waals surface area contributed by atoms with E-state index in [1.807, 2.05) is 0 Å². The molecule has 0 saturated carbocycles. The fourth-order valence-corrected chi connectivity index (χ4v) is 5.54. The van der Waals surface area contributed by atoms with Crippen molar-refractivity contribution in [2.24, 2.45) is 0 Å². The second-order valence-corrected chi connectivity index (χ2v) is 11.3. The van der Waals surface area contributed by atoms with E-state index < -0.39 is 13.7 Å². The number of hydrogen-bond donors (Lipinski definition) is 1. The molecule has 0 rings (SSSR count). The first kappa shape index (κ1) is 32.8. The highest BCUT2D eigenvalue weighted by atomic mass is 32.2. The summed E-state index contributed by atoms with van der Waals surface area (Å²) < 4.78 is 22.2. The zero-order valence-electron chi connectivity index (χ0n) is 21.4. The number of hydrogen-bond acceptors (Lipinski definition) is 7. The Morgan fingerprint density at radius 1 is 0.818 bits per heavy atom. The van der Waals surface area contributed by atoms with Gasteiger partial charge in [0.2, 0.25) is 0 Å². The van der Waals surface area contributed by atoms with Gasteiger partial charge in [-0.05, 0) is 36.5 Å². The molecule has 3 atom stereocenters. The van der Waals surface area contributed by atoms with E-state index >= 15 is 0 Å². The molecule has 0 saturated heterocycles. The third-order valence-electron chi connectivity index (χ3n) is 5.80. The fourth-order valence-electron chi connectivity index (χ4n) is 3.72. The Morgan fingerprint density at radius 2 is 1.36 bits per heavy atom. The minimum absolute atomic E-state index is 0.129. The molecular formula is C25H50O6PS+. The molecule has 0 heterocycles. The summed E-state index contributed by atoms with van der Waals surface area (Å²) >= 11 is 2.05. The highest BCUT2D eigenvalue weighted by molar-refractivity contribution is 7.99. The van der Waals surface area contributed by atoms with E-state index in [-0.39, 0.29) is 12.7 Å². The standard InChI is InChI=1S/C25H49O6PS/c1-4-6-8-10-11-12-13-15-17-22-33-24(19-16-14-9-7-5-2)23(3)29-20-18-21-30-32(28)25(26)31-27/h23-24H,4-22H2,1-3H3/p+1. The average molecular weight is 510 g/mol. The first-order valence-electron chi connectivity index (χ1n) is 13.3. The first-order valence-corrected chi connectivity index (χ1v) is 15.5. The van der Waals surface area contributed by atoms with Crippen LogP contribution in [0, 0.1) is 0 Å². The molecule has 0 aromatic carbocycles. The molecule has 33 heavy (non-hydrogen) atoms. The summed E-state index contributed by atoms with van der Waals surface area (Å²) in [6.45, 7) is 7.27. The fraction of sp³-hybridized carbons (Fsp3) is 0.960. The Hall–Kier alpha value is -0.200. The van der Waals surface area contributed by atoms with E-state index in [2.05, 4.69) is 37.4 Å². The zero-order valence-corrected chi connectivity index (χ0v) is 23.1. The Bertz CT molecular complexity index is 466. The molecule has 0 aliphatic heterocycles. The van der Waals surface area contributed by atoms with Crippen LogP contribution in [-0.4, -0.2) is 41.3 Å². The quantitative estimate of drug-likeness (QED) is 0.0568. The summed E-state index contributed by atoms with van der Waals surface area (Å²) in [6.07, 6.45) is 20.5. The monoisotopic (exact) mass is 509 g/mol. The van der Waals surface area contributed by atoms with Gasteiger partial charge in [-0.2, -0.15) is 21.8 Å². The molecule has 6 nitrogen and oxygen atoms in total. The van der Waals surface area contributed by atoms with E-state index in [0.29, 0.717) is 18.3 Å². The van der Waals surface area contributed by atoms with Crippen molar-refractivity contribution in [2.75, 3.05) is 19.0 Å². The molecule has 0 radical (unpaired) electrons. The number of carbonyl (C=O) groups is 1. The lowest BCUT2D eigenvalue weighted by Crippen LogP contribution is -2.24. The van der Waals surface area contributed by atoms with Crippen molar-refractivity contribution in [2.45, 2.75) is 135 Å². The van der Waals surface area contributed by atoms with E-state index in [0.717, 1.165) is 0 Å². The van der Waals surface area contributed by atoms with Gasteiger partial charge in [-0.15, -0.1) is 4.52 Å². The Morgan fingerprint density at radius 3 is 1.94 bits per heavy atom. The summed E-state index contributed by atoms with van der Waals surface area (Å²) in [5.41, 5.74) is -1.25. The van der Waals surface area contributed by atoms with Gasteiger partial charge in [0.1, 0.15) is 6.61 Å². The van der Waals surface area contributed by atoms with Gasteiger partial charge in [-0.3, -0.25) is 4.89 Å². The van der Waals surface area contributed by atoms with E-state index in [9.17, 15) is 9.36 Å². The smallest absolute Gasteiger partial charge is 0.377 e. The zero-order chi connectivity index (χ0) is 24.6. The van der Waals surface area contributed by atoms with Crippen LogP contribution in [0.15, 0.2) is 0 Å². The van der Waals surface area contributed by atoms with Crippen LogP contribution < -0.4 is 0 Å². The molecule has 1 N–H and O–H groups in total. The average Bonchev–Trinajstić information content (AvgIpc) is 2.82. The van der Waals surface area contributed by atoms with Crippen LogP contribution in [0.2, 0.25) is 0 Å². The normalized spacial score (nSPS) is 13.6. The summed E-state index contributed by atoms with van der Waals surface area (Å²) in [4.78, 5) is 14.3. The van der Waals surface area contributed by atoms with Crippen molar-refractivity contribution < 1.29 is 28.8 Å². The summed E-state index contributed by atoms with van der Waals surface area (Å²) in [6, 6.07) is 0. The third kappa shape index (κ3) is 20.9. The summed E-state index contributed by atoms with van der Waals surface area (Å²) in [5.74, 6) is 1.19. The van der Waals surface area contributed by atoms with Gasteiger partial charge in [-0.1, -0.05) is 97.3 Å². The second-order valence-electron chi connectivity index (χ2n) is 8.82. The highest BCUT2D eigenvalue weighted by Crippen LogP contribution is 2.26. The molecule has 3 unspecified atom stereocenters. The highest BCUT2D eigenvalue weighted by Gasteiger charge is 2.34. The van der Waals surface area contributed by atoms with Gasteiger partial charge in [0.15, 0.2) is 0 Å². The summed E-state index contributed by atoms with van der Waals surface area (Å²) in [7, 11) is -2.64. The van der Waals surface area contributed by atoms with E-state index in [4.69, 9.17) is 14.5 Å². The van der Waals surface area contributed by atoms with Crippen LogP contribution in [-0.2, 0) is 18.7 Å². The van der Waals surface area contributed by atoms with Crippen molar-refractivity contribution in [1.29, 1.82) is 0 Å². The molecule has 0 bridgehead atoms. The number of rotatable bonds is 25. The molecule has 8 heteroatoms. The lowest BCUT2D eigenvalue weighted by atomic mass is 10.1. The third-order valence-corrected chi connectivity index (χ3v) is 8.17. The lowest BCUT2D eigenvalue weighted by Gasteiger charge is -2.24. The van der Waals surface area contributed by atoms with Crippen LogP contribution in [0.25, 0.3) is 0 Å². The number of carbonyl (C=O) groups excluding carboxylic acids is 1. The van der Waals surface area contributed by atoms with Gasteiger partial charge < -0.3 is 4.74 Å². The second kappa shape index (κ2) is 24.9. The predicted molar refractivity (Wildman–Crippen MR) is 140 cm³/mol. The Balaban J connectivity index is 4.09. The van der Waals surface area contributed by atoms with Gasteiger partial charge in [0.25, 0.3) is 0 Å². The van der Waals surface area contributed by atoms with Crippen LogP contribution in [0.1, 0.15) is 124 Å². The molecular weight excluding hydrogens is 459 g/mol. The molecule has 0 aliphatic rings. The Labute approximate surface area is 208 Å². The van der Waals surface area contributed by atoms with Crippen molar-refractivity contribution in [3.8, 4) is 0 Å². The maximum absolute atomic E-state index is 11.3. The topological polar surface area (TPSA) is 82.1 Å². The van der Waals surface area contributed by atoms with Crippen molar-refractivity contribution >= 4 is 25.5 Å². The number of unbranched alkanes of at least 4 members (excludes halogenated alkanes) is 12. The minimum atomic E-state index is -2.64. The molecule has 0 aliphatic carbocycles. The van der Waals surface area contributed by atoms with Gasteiger partial charge in [0.05, 0.1) is 6.10 Å². The van der Waals surface area contributed by atoms with Crippen molar-refractivity contribution in [3.05, 3.63) is 0 Å². The molecule has 196 valence electrons. The van der Waals surface area contributed by atoms with Gasteiger partial charge in [0, 0.05) is 11.9 Å². The van der Waals surface area contributed by atoms with Gasteiger partial charge in [-0.25, -0.2) is 0 Å². The Kier molecular flexibility index (Phi) is 24.8. The van der Waals surface area contributed by atoms with Crippen LogP contribution >= 0.6 is 19.8 Å². The van der Waals surface area contributed by atoms with Crippen LogP contribution in [0.4, 0.5) is 4.79 Å². The molecule has 0 amide bonds. The van der Waals surface area contributed by atoms with Gasteiger partial charge >= 0.3 is 13.7 Å². The molecule has 0 aromatic heterocycles. The van der Waals surface area contributed by atoms with E-state index in [1.54, 1.807) is 0 Å². The maximum atomic E-state index is 11.3. The number of ether oxygens (including phenoxy) is 1. The molecule has 0 aromatic rings. The van der Waals surface area contributed by atoms with Crippen LogP contribution in [0.5, 0.6) is 0 Å². The first-order chi connectivity index (χ1) is 16.1. The predicted octanol–water partition coefficient (Wildman–Crippen LogP) is 9.14. The van der Waals surface area contributed by atoms with Crippen molar-refractivity contribution in [3.63, 3.8) is 0 Å². The van der Waals surface area contributed by atoms with Crippen molar-refractivity contribution in [1.82, 2.24) is 0 Å². The SMILES string of the molecule is CCCCCCCCCCCSC(CCCCCCC)C(C)OCCCO[P+](=O)C(=O)OO. The minimum Gasteiger partial charge on any atom is -0.377 e. The molecule has 0 fully saturated rings. The maximum Gasteiger partial charge on any atom is 0.639 e. The number of thioether (sulfide) groups is 1. The lowest BCUT2D eigenvalue weighted by molar-refractivity contribution is -0.168. The van der Waals surface area contributed by atoms with E-state index in [1.165, 1.54) is 102 Å². The largest absolute Gasteiger partial charge is 0.639 e. The van der Waals surface area contributed by atoms with Crippen LogP contribution in [0.3, 0.4) is 0 Å². The summed E-state index contributed by atoms with van der Waals surface area (Å²) in [5, 5.41) is 8.68. The molecule has 0 spiro atoms.